The molecule has 4 N–H and O–H groups in total. The first-order valence-electron chi connectivity index (χ1n) is 10.3. The van der Waals surface area contributed by atoms with Gasteiger partial charge in [-0.05, 0) is 35.7 Å². The maximum atomic E-state index is 13.0. The average molecular weight is 450 g/mol. The fraction of sp³-hybridized carbons (Fsp3) is 0.200. The number of carbonyl (C=O) groups is 2. The van der Waals surface area contributed by atoms with Crippen LogP contribution in [-0.2, 0) is 33.9 Å². The van der Waals surface area contributed by atoms with Crippen LogP contribution < -0.4 is 10.9 Å². The minimum atomic E-state index is -1.40. The number of rotatable bonds is 9. The maximum Gasteiger partial charge on any atom is 0.421 e. The average Bonchev–Trinajstić information content (AvgIpc) is 2.83. The normalized spacial score (nSPS) is 12.4. The monoisotopic (exact) mass is 450 g/mol. The van der Waals surface area contributed by atoms with Crippen molar-refractivity contribution in [2.45, 2.75) is 32.1 Å². The third kappa shape index (κ3) is 6.98. The molecule has 8 heteroatoms. The molecule has 3 aromatic rings. The lowest BCUT2D eigenvalue weighted by atomic mass is 9.93. The van der Waals surface area contributed by atoms with Crippen molar-refractivity contribution in [3.63, 3.8) is 0 Å². The molecule has 0 radical (unpaired) electrons. The number of aromatic hydroxyl groups is 2. The van der Waals surface area contributed by atoms with E-state index in [2.05, 4.69) is 10.9 Å². The van der Waals surface area contributed by atoms with Gasteiger partial charge in [-0.3, -0.25) is 5.43 Å². The Balaban J connectivity index is 1.67. The van der Waals surface area contributed by atoms with Gasteiger partial charge in [-0.15, -0.1) is 0 Å². The van der Waals surface area contributed by atoms with E-state index < -0.39 is 17.6 Å². The Morgan fingerprint density at radius 3 is 1.94 bits per heavy atom. The van der Waals surface area contributed by atoms with Crippen LogP contribution >= 0.6 is 0 Å². The van der Waals surface area contributed by atoms with Gasteiger partial charge in [0.05, 0.1) is 0 Å². The number of ether oxygens (including phenoxy) is 2. The van der Waals surface area contributed by atoms with Crippen molar-refractivity contribution in [3.8, 4) is 11.5 Å². The molecular weight excluding hydrogens is 424 g/mol. The molecular formula is C25H26N2O6. The van der Waals surface area contributed by atoms with E-state index in [1.807, 2.05) is 60.7 Å². The predicted molar refractivity (Wildman–Crippen MR) is 121 cm³/mol. The molecule has 1 amide bonds. The Labute approximate surface area is 191 Å². The summed E-state index contributed by atoms with van der Waals surface area (Å²) >= 11 is 0. The molecule has 3 rings (SSSR count). The molecule has 172 valence electrons. The summed E-state index contributed by atoms with van der Waals surface area (Å²) in [4.78, 5) is 25.2. The summed E-state index contributed by atoms with van der Waals surface area (Å²) in [6, 6.07) is 22.6. The van der Waals surface area contributed by atoms with Gasteiger partial charge < -0.3 is 19.7 Å². The van der Waals surface area contributed by atoms with Crippen molar-refractivity contribution in [3.05, 3.63) is 95.6 Å². The van der Waals surface area contributed by atoms with Gasteiger partial charge in [-0.2, -0.15) is 0 Å². The molecule has 0 bridgehead atoms. The fourth-order valence-corrected chi connectivity index (χ4v) is 3.09. The van der Waals surface area contributed by atoms with E-state index in [1.54, 1.807) is 13.0 Å². The van der Waals surface area contributed by atoms with Crippen LogP contribution in [0.1, 0.15) is 23.6 Å². The first kappa shape index (κ1) is 23.6. The fourth-order valence-electron chi connectivity index (χ4n) is 3.09. The number of hydrogen-bond donors (Lipinski definition) is 4. The van der Waals surface area contributed by atoms with Crippen LogP contribution in [0.3, 0.4) is 0 Å². The minimum Gasteiger partial charge on any atom is -0.504 e. The lowest BCUT2D eigenvalue weighted by molar-refractivity contribution is -0.152. The minimum absolute atomic E-state index is 0.0490. The number of esters is 1. The van der Waals surface area contributed by atoms with Gasteiger partial charge in [0.2, 0.25) is 0 Å². The lowest BCUT2D eigenvalue weighted by Crippen LogP contribution is -2.59. The molecule has 0 saturated heterocycles. The van der Waals surface area contributed by atoms with E-state index >= 15 is 0 Å². The van der Waals surface area contributed by atoms with E-state index in [9.17, 15) is 19.8 Å². The smallest absolute Gasteiger partial charge is 0.421 e. The number of carbonyl (C=O) groups excluding carboxylic acids is 2. The third-order valence-corrected chi connectivity index (χ3v) is 4.91. The van der Waals surface area contributed by atoms with Gasteiger partial charge in [0.15, 0.2) is 11.5 Å². The molecule has 0 fully saturated rings. The van der Waals surface area contributed by atoms with Crippen LogP contribution in [0.15, 0.2) is 78.9 Å². The molecule has 33 heavy (non-hydrogen) atoms. The zero-order valence-corrected chi connectivity index (χ0v) is 18.2. The molecule has 0 aliphatic carbocycles. The van der Waals surface area contributed by atoms with Gasteiger partial charge in [0.25, 0.3) is 0 Å². The van der Waals surface area contributed by atoms with Crippen LogP contribution in [0.25, 0.3) is 0 Å². The molecule has 0 aliphatic rings. The second-order valence-corrected chi connectivity index (χ2v) is 7.71. The maximum absolute atomic E-state index is 13.0. The van der Waals surface area contributed by atoms with E-state index in [4.69, 9.17) is 9.47 Å². The summed E-state index contributed by atoms with van der Waals surface area (Å²) in [7, 11) is 0. The molecule has 1 atom stereocenters. The highest BCUT2D eigenvalue weighted by Crippen LogP contribution is 2.27. The highest BCUT2D eigenvalue weighted by Gasteiger charge is 2.36. The molecule has 0 heterocycles. The standard InChI is InChI=1S/C25H26N2O6/c1-25(15-20-12-13-21(28)22(29)14-20,23(30)32-16-18-8-4-2-5-9-18)27-26-24(31)33-17-19-10-6-3-7-11-19/h2-14,27-29H,15-17H2,1H3,(H,26,31)/t25-/m0/s1. The van der Waals surface area contributed by atoms with Gasteiger partial charge in [0.1, 0.15) is 18.8 Å². The highest BCUT2D eigenvalue weighted by atomic mass is 16.6. The molecule has 0 aromatic heterocycles. The van der Waals surface area contributed by atoms with Crippen LogP contribution in [0.2, 0.25) is 0 Å². The van der Waals surface area contributed by atoms with Crippen molar-refractivity contribution < 1.29 is 29.3 Å². The zero-order valence-electron chi connectivity index (χ0n) is 18.2. The van der Waals surface area contributed by atoms with Crippen LogP contribution in [0, 0.1) is 0 Å². The van der Waals surface area contributed by atoms with Gasteiger partial charge in [-0.25, -0.2) is 15.0 Å². The quantitative estimate of drug-likeness (QED) is 0.224. The molecule has 3 aromatic carbocycles. The SMILES string of the molecule is C[C@@](Cc1ccc(O)c(O)c1)(NNC(=O)OCc1ccccc1)C(=O)OCc1ccccc1. The van der Waals surface area contributed by atoms with Crippen LogP contribution in [0.4, 0.5) is 4.79 Å². The summed E-state index contributed by atoms with van der Waals surface area (Å²) < 4.78 is 10.7. The van der Waals surface area contributed by atoms with E-state index in [0.29, 0.717) is 5.56 Å². The molecule has 8 nitrogen and oxygen atoms in total. The van der Waals surface area contributed by atoms with E-state index in [1.165, 1.54) is 12.1 Å². The Morgan fingerprint density at radius 1 is 0.788 bits per heavy atom. The third-order valence-electron chi connectivity index (χ3n) is 4.91. The summed E-state index contributed by atoms with van der Waals surface area (Å²) in [6.07, 6.45) is -0.720. The lowest BCUT2D eigenvalue weighted by Gasteiger charge is -2.29. The molecule has 0 aliphatic heterocycles. The van der Waals surface area contributed by atoms with Crippen molar-refractivity contribution in [2.24, 2.45) is 0 Å². The van der Waals surface area contributed by atoms with E-state index in [0.717, 1.165) is 11.1 Å². The van der Waals surface area contributed by atoms with Gasteiger partial charge in [-0.1, -0.05) is 66.7 Å². The number of phenols is 2. The van der Waals surface area contributed by atoms with Gasteiger partial charge in [0, 0.05) is 6.42 Å². The van der Waals surface area contributed by atoms with Crippen LogP contribution in [0.5, 0.6) is 11.5 Å². The number of benzene rings is 3. The largest absolute Gasteiger partial charge is 0.504 e. The summed E-state index contributed by atoms with van der Waals surface area (Å²) in [5.74, 6) is -1.22. The first-order chi connectivity index (χ1) is 15.9. The Morgan fingerprint density at radius 2 is 1.36 bits per heavy atom. The first-order valence-corrected chi connectivity index (χ1v) is 10.3. The van der Waals surface area contributed by atoms with Gasteiger partial charge >= 0.3 is 12.1 Å². The molecule has 0 spiro atoms. The van der Waals surface area contributed by atoms with E-state index in [-0.39, 0.29) is 31.1 Å². The predicted octanol–water partition coefficient (Wildman–Crippen LogP) is 3.57. The Hall–Kier alpha value is -4.04. The van der Waals surface area contributed by atoms with Crippen LogP contribution in [-0.4, -0.2) is 27.8 Å². The van der Waals surface area contributed by atoms with Crippen molar-refractivity contribution in [2.75, 3.05) is 0 Å². The highest BCUT2D eigenvalue weighted by molar-refractivity contribution is 5.81. The number of nitrogens with one attached hydrogen (secondary N) is 2. The summed E-state index contributed by atoms with van der Waals surface area (Å²) in [6.45, 7) is 1.67. The Kier molecular flexibility index (Phi) is 7.88. The number of hydrazine groups is 1. The second-order valence-electron chi connectivity index (χ2n) is 7.71. The second kappa shape index (κ2) is 11.0. The Bertz CT molecular complexity index is 1070. The summed E-state index contributed by atoms with van der Waals surface area (Å²) in [5.41, 5.74) is 5.87. The van der Waals surface area contributed by atoms with Crippen molar-refractivity contribution >= 4 is 12.1 Å². The topological polar surface area (TPSA) is 117 Å². The number of hydrogen-bond acceptors (Lipinski definition) is 7. The zero-order chi connectivity index (χ0) is 23.7. The number of phenolic OH excluding ortho intramolecular Hbond substituents is 2. The van der Waals surface area contributed by atoms with Crippen molar-refractivity contribution in [1.29, 1.82) is 0 Å². The molecule has 0 saturated carbocycles. The number of amides is 1. The van der Waals surface area contributed by atoms with Crippen molar-refractivity contribution in [1.82, 2.24) is 10.9 Å². The summed E-state index contributed by atoms with van der Waals surface area (Å²) in [5, 5.41) is 19.4. The molecule has 0 unspecified atom stereocenters.